The molecule has 3 nitrogen and oxygen atoms in total. The van der Waals surface area contributed by atoms with Crippen molar-refractivity contribution in [1.29, 1.82) is 0 Å². The molecule has 0 aliphatic carbocycles. The molecule has 2 unspecified atom stereocenters. The average Bonchev–Trinajstić information content (AvgIpc) is 2.93. The third kappa shape index (κ3) is 3.27. The third-order valence-electron chi connectivity index (χ3n) is 4.10. The van der Waals surface area contributed by atoms with E-state index in [1.54, 1.807) is 0 Å². The monoisotopic (exact) mass is 261 g/mol. The van der Waals surface area contributed by atoms with Gasteiger partial charge in [0.25, 0.3) is 0 Å². The van der Waals surface area contributed by atoms with Crippen LogP contribution in [0.5, 0.6) is 0 Å². The SMILES string of the molecule is CCCNC(C)c1cccnc1N1CCCC1CC. The standard InChI is InChI=1S/C16H27N3/c1-4-10-17-13(3)15-9-6-11-18-16(15)19-12-7-8-14(19)5-2/h6,9,11,13-14,17H,4-5,7-8,10,12H2,1-3H3. The second kappa shape index (κ2) is 6.90. The molecule has 106 valence electrons. The molecule has 2 heterocycles. The van der Waals surface area contributed by atoms with E-state index < -0.39 is 0 Å². The fraction of sp³-hybridized carbons (Fsp3) is 0.688. The molecule has 2 atom stereocenters. The average molecular weight is 261 g/mol. The van der Waals surface area contributed by atoms with Gasteiger partial charge in [0.15, 0.2) is 0 Å². The first-order valence-corrected chi connectivity index (χ1v) is 7.72. The summed E-state index contributed by atoms with van der Waals surface area (Å²) in [5.74, 6) is 1.20. The maximum atomic E-state index is 4.67. The van der Waals surface area contributed by atoms with Crippen LogP contribution in [0.4, 0.5) is 5.82 Å². The highest BCUT2D eigenvalue weighted by molar-refractivity contribution is 5.50. The molecule has 0 spiro atoms. The van der Waals surface area contributed by atoms with E-state index in [0.29, 0.717) is 12.1 Å². The van der Waals surface area contributed by atoms with E-state index >= 15 is 0 Å². The van der Waals surface area contributed by atoms with Gasteiger partial charge in [0, 0.05) is 30.4 Å². The highest BCUT2D eigenvalue weighted by atomic mass is 15.2. The van der Waals surface area contributed by atoms with Gasteiger partial charge in [-0.05, 0) is 45.2 Å². The summed E-state index contributed by atoms with van der Waals surface area (Å²) in [5, 5.41) is 3.58. The minimum Gasteiger partial charge on any atom is -0.353 e. The lowest BCUT2D eigenvalue weighted by Gasteiger charge is -2.28. The summed E-state index contributed by atoms with van der Waals surface area (Å²) in [7, 11) is 0. The first-order chi connectivity index (χ1) is 9.27. The molecule has 2 rings (SSSR count). The molecule has 1 saturated heterocycles. The van der Waals surface area contributed by atoms with Crippen molar-refractivity contribution in [2.45, 2.75) is 58.5 Å². The maximum Gasteiger partial charge on any atom is 0.133 e. The molecule has 0 radical (unpaired) electrons. The van der Waals surface area contributed by atoms with E-state index in [1.165, 1.54) is 37.1 Å². The third-order valence-corrected chi connectivity index (χ3v) is 4.10. The van der Waals surface area contributed by atoms with Crippen LogP contribution in [0.2, 0.25) is 0 Å². The lowest BCUT2D eigenvalue weighted by Crippen LogP contribution is -2.31. The minimum atomic E-state index is 0.377. The normalized spacial score (nSPS) is 20.8. The van der Waals surface area contributed by atoms with Crippen LogP contribution < -0.4 is 10.2 Å². The van der Waals surface area contributed by atoms with Gasteiger partial charge in [-0.1, -0.05) is 19.9 Å². The molecule has 1 fully saturated rings. The predicted molar refractivity (Wildman–Crippen MR) is 81.6 cm³/mol. The molecule has 3 heteroatoms. The highest BCUT2D eigenvalue weighted by Crippen LogP contribution is 2.31. The molecule has 1 N–H and O–H groups in total. The van der Waals surface area contributed by atoms with Crippen molar-refractivity contribution in [3.05, 3.63) is 23.9 Å². The highest BCUT2D eigenvalue weighted by Gasteiger charge is 2.26. The van der Waals surface area contributed by atoms with Crippen molar-refractivity contribution >= 4 is 5.82 Å². The predicted octanol–water partition coefficient (Wildman–Crippen LogP) is 3.52. The van der Waals surface area contributed by atoms with Gasteiger partial charge in [-0.15, -0.1) is 0 Å². The number of nitrogens with zero attached hydrogens (tertiary/aromatic N) is 2. The van der Waals surface area contributed by atoms with E-state index in [0.717, 1.165) is 13.1 Å². The van der Waals surface area contributed by atoms with Crippen LogP contribution in [0.25, 0.3) is 0 Å². The Morgan fingerprint density at radius 2 is 2.32 bits per heavy atom. The minimum absolute atomic E-state index is 0.377. The maximum absolute atomic E-state index is 4.67. The Balaban J connectivity index is 2.20. The number of pyridine rings is 1. The van der Waals surface area contributed by atoms with Crippen LogP contribution >= 0.6 is 0 Å². The molecule has 1 aliphatic rings. The number of anilines is 1. The molecule has 0 amide bonds. The topological polar surface area (TPSA) is 28.2 Å². The largest absolute Gasteiger partial charge is 0.353 e. The first-order valence-electron chi connectivity index (χ1n) is 7.72. The molecule has 1 aromatic rings. The molecular weight excluding hydrogens is 234 g/mol. The van der Waals surface area contributed by atoms with Gasteiger partial charge in [-0.25, -0.2) is 4.98 Å². The number of aromatic nitrogens is 1. The summed E-state index contributed by atoms with van der Waals surface area (Å²) in [6, 6.07) is 5.33. The fourth-order valence-corrected chi connectivity index (χ4v) is 3.00. The summed E-state index contributed by atoms with van der Waals surface area (Å²) in [6.07, 6.45) is 6.92. The molecule has 0 saturated carbocycles. The zero-order valence-corrected chi connectivity index (χ0v) is 12.5. The quantitative estimate of drug-likeness (QED) is 0.849. The molecule has 1 aromatic heterocycles. The van der Waals surface area contributed by atoms with Gasteiger partial charge in [0.1, 0.15) is 5.82 Å². The van der Waals surface area contributed by atoms with Crippen LogP contribution in [0, 0.1) is 0 Å². The zero-order valence-electron chi connectivity index (χ0n) is 12.5. The Morgan fingerprint density at radius 3 is 3.05 bits per heavy atom. The van der Waals surface area contributed by atoms with E-state index in [9.17, 15) is 0 Å². The van der Waals surface area contributed by atoms with Gasteiger partial charge >= 0.3 is 0 Å². The molecule has 0 bridgehead atoms. The van der Waals surface area contributed by atoms with Gasteiger partial charge in [0.05, 0.1) is 0 Å². The Hall–Kier alpha value is -1.09. The second-order valence-corrected chi connectivity index (χ2v) is 5.49. The Kier molecular flexibility index (Phi) is 5.20. The van der Waals surface area contributed by atoms with Crippen molar-refractivity contribution in [2.75, 3.05) is 18.0 Å². The summed E-state index contributed by atoms with van der Waals surface area (Å²) >= 11 is 0. The molecule has 19 heavy (non-hydrogen) atoms. The summed E-state index contributed by atoms with van der Waals surface area (Å²) in [6.45, 7) is 8.95. The first kappa shape index (κ1) is 14.3. The second-order valence-electron chi connectivity index (χ2n) is 5.49. The Labute approximate surface area is 117 Å². The molecule has 0 aromatic carbocycles. The van der Waals surface area contributed by atoms with Gasteiger partial charge in [-0.3, -0.25) is 0 Å². The smallest absolute Gasteiger partial charge is 0.133 e. The van der Waals surface area contributed by atoms with Crippen molar-refractivity contribution in [3.63, 3.8) is 0 Å². The van der Waals surface area contributed by atoms with E-state index in [2.05, 4.69) is 48.1 Å². The number of nitrogens with one attached hydrogen (secondary N) is 1. The number of hydrogen-bond donors (Lipinski definition) is 1. The Bertz CT molecular complexity index is 391. The molecular formula is C16H27N3. The van der Waals surface area contributed by atoms with Crippen LogP contribution in [0.15, 0.2) is 18.3 Å². The summed E-state index contributed by atoms with van der Waals surface area (Å²) in [5.41, 5.74) is 1.34. The lowest BCUT2D eigenvalue weighted by atomic mass is 10.1. The van der Waals surface area contributed by atoms with Crippen molar-refractivity contribution in [2.24, 2.45) is 0 Å². The lowest BCUT2D eigenvalue weighted by molar-refractivity contribution is 0.563. The van der Waals surface area contributed by atoms with Crippen LogP contribution in [-0.4, -0.2) is 24.1 Å². The van der Waals surface area contributed by atoms with E-state index in [4.69, 9.17) is 0 Å². The number of rotatable bonds is 6. The van der Waals surface area contributed by atoms with Crippen LogP contribution in [0.3, 0.4) is 0 Å². The summed E-state index contributed by atoms with van der Waals surface area (Å²) < 4.78 is 0. The fourth-order valence-electron chi connectivity index (χ4n) is 3.00. The van der Waals surface area contributed by atoms with Crippen molar-refractivity contribution in [1.82, 2.24) is 10.3 Å². The number of hydrogen-bond acceptors (Lipinski definition) is 3. The van der Waals surface area contributed by atoms with Crippen LogP contribution in [-0.2, 0) is 0 Å². The van der Waals surface area contributed by atoms with Gasteiger partial charge in [-0.2, -0.15) is 0 Å². The Morgan fingerprint density at radius 1 is 1.47 bits per heavy atom. The summed E-state index contributed by atoms with van der Waals surface area (Å²) in [4.78, 5) is 7.19. The van der Waals surface area contributed by atoms with Crippen LogP contribution in [0.1, 0.15) is 58.1 Å². The van der Waals surface area contributed by atoms with Gasteiger partial charge < -0.3 is 10.2 Å². The van der Waals surface area contributed by atoms with Crippen molar-refractivity contribution < 1.29 is 0 Å². The zero-order chi connectivity index (χ0) is 13.7. The van der Waals surface area contributed by atoms with Crippen molar-refractivity contribution in [3.8, 4) is 0 Å². The van der Waals surface area contributed by atoms with E-state index in [-0.39, 0.29) is 0 Å². The van der Waals surface area contributed by atoms with Gasteiger partial charge in [0.2, 0.25) is 0 Å². The van der Waals surface area contributed by atoms with E-state index in [1.807, 2.05) is 6.20 Å². The molecule has 1 aliphatic heterocycles.